The van der Waals surface area contributed by atoms with Gasteiger partial charge in [0, 0.05) is 18.2 Å². The molecule has 0 aliphatic heterocycles. The number of halogens is 1. The molecule has 2 N–H and O–H groups in total. The Labute approximate surface area is 131 Å². The summed E-state index contributed by atoms with van der Waals surface area (Å²) in [6.45, 7) is 2.27. The Morgan fingerprint density at radius 2 is 1.74 bits per heavy atom. The van der Waals surface area contributed by atoms with Crippen LogP contribution in [0, 0.1) is 5.82 Å². The van der Waals surface area contributed by atoms with Crippen LogP contribution in [0.3, 0.4) is 0 Å². The van der Waals surface area contributed by atoms with Crippen LogP contribution in [-0.4, -0.2) is 21.6 Å². The largest absolute Gasteiger partial charge is 0.290 e. The number of carbonyl (C=O) groups excluding carboxylic acids is 2. The lowest BCUT2D eigenvalue weighted by atomic mass is 10.2. The quantitative estimate of drug-likeness (QED) is 0.818. The molecule has 120 valence electrons. The lowest BCUT2D eigenvalue weighted by molar-refractivity contribution is 0.0842. The highest BCUT2D eigenvalue weighted by Crippen LogP contribution is 2.02. The van der Waals surface area contributed by atoms with E-state index in [0.29, 0.717) is 13.0 Å². The molecule has 7 nitrogen and oxygen atoms in total. The number of amides is 2. The summed E-state index contributed by atoms with van der Waals surface area (Å²) in [5.74, 6) is -1.72. The standard InChI is InChI=1S/C15H15FN4O3/c1-2-9-20-13(21)8-7-12(19-20)15(23)18-17-14(22)10-3-5-11(16)6-4-10/h3-8H,2,9H2,1H3,(H,17,22)(H,18,23). The molecule has 0 aliphatic carbocycles. The SMILES string of the molecule is CCCn1nc(C(=O)NNC(=O)c2ccc(F)cc2)ccc1=O. The Morgan fingerprint density at radius 3 is 2.39 bits per heavy atom. The summed E-state index contributed by atoms with van der Waals surface area (Å²) in [7, 11) is 0. The average molecular weight is 318 g/mol. The van der Waals surface area contributed by atoms with Gasteiger partial charge in [-0.05, 0) is 36.8 Å². The van der Waals surface area contributed by atoms with E-state index in [-0.39, 0.29) is 16.8 Å². The Morgan fingerprint density at radius 1 is 1.09 bits per heavy atom. The van der Waals surface area contributed by atoms with E-state index in [2.05, 4.69) is 16.0 Å². The third-order valence-corrected chi connectivity index (χ3v) is 2.93. The molecular weight excluding hydrogens is 303 g/mol. The second kappa shape index (κ2) is 7.30. The smallest absolute Gasteiger partial charge is 0.268 e. The number of aryl methyl sites for hydroxylation is 1. The first-order chi connectivity index (χ1) is 11.0. The number of aromatic nitrogens is 2. The molecule has 0 bridgehead atoms. The van der Waals surface area contributed by atoms with Crippen molar-refractivity contribution in [1.82, 2.24) is 20.6 Å². The molecule has 2 rings (SSSR count). The summed E-state index contributed by atoms with van der Waals surface area (Å²) in [6.07, 6.45) is 0.694. The second-order valence-electron chi connectivity index (χ2n) is 4.70. The van der Waals surface area contributed by atoms with Crippen molar-refractivity contribution < 1.29 is 14.0 Å². The zero-order chi connectivity index (χ0) is 16.8. The van der Waals surface area contributed by atoms with Gasteiger partial charge in [-0.15, -0.1) is 0 Å². The molecule has 1 aromatic carbocycles. The van der Waals surface area contributed by atoms with Gasteiger partial charge in [-0.25, -0.2) is 9.07 Å². The van der Waals surface area contributed by atoms with Crippen molar-refractivity contribution in [2.45, 2.75) is 19.9 Å². The van der Waals surface area contributed by atoms with E-state index >= 15 is 0 Å². The minimum absolute atomic E-state index is 0.00236. The summed E-state index contributed by atoms with van der Waals surface area (Å²) in [6, 6.07) is 7.36. The van der Waals surface area contributed by atoms with Crippen LogP contribution in [0.2, 0.25) is 0 Å². The first-order valence-corrected chi connectivity index (χ1v) is 6.95. The summed E-state index contributed by atoms with van der Waals surface area (Å²) in [5.41, 5.74) is 4.27. The fourth-order valence-corrected chi connectivity index (χ4v) is 1.79. The van der Waals surface area contributed by atoms with Crippen molar-refractivity contribution in [1.29, 1.82) is 0 Å². The molecule has 0 saturated carbocycles. The van der Waals surface area contributed by atoms with Gasteiger partial charge in [-0.2, -0.15) is 5.10 Å². The molecule has 0 unspecified atom stereocenters. The lowest BCUT2D eigenvalue weighted by Crippen LogP contribution is -2.42. The number of rotatable bonds is 4. The number of benzene rings is 1. The number of hydrogen-bond donors (Lipinski definition) is 2. The number of nitrogens with one attached hydrogen (secondary N) is 2. The average Bonchev–Trinajstić information content (AvgIpc) is 2.55. The van der Waals surface area contributed by atoms with Crippen LogP contribution in [0.1, 0.15) is 34.2 Å². The minimum atomic E-state index is -0.662. The topological polar surface area (TPSA) is 93.1 Å². The van der Waals surface area contributed by atoms with E-state index in [4.69, 9.17) is 0 Å². The Hall–Kier alpha value is -3.03. The Bertz CT molecular complexity index is 771. The highest BCUT2D eigenvalue weighted by atomic mass is 19.1. The second-order valence-corrected chi connectivity index (χ2v) is 4.70. The van der Waals surface area contributed by atoms with Crippen LogP contribution in [0.15, 0.2) is 41.2 Å². The molecule has 0 fully saturated rings. The third-order valence-electron chi connectivity index (χ3n) is 2.93. The fourth-order valence-electron chi connectivity index (χ4n) is 1.79. The minimum Gasteiger partial charge on any atom is -0.268 e. The Balaban J connectivity index is 2.02. The molecule has 0 saturated heterocycles. The van der Waals surface area contributed by atoms with Crippen molar-refractivity contribution in [3.05, 3.63) is 63.8 Å². The normalized spacial score (nSPS) is 10.2. The fraction of sp³-hybridized carbons (Fsp3) is 0.200. The number of hydrogen-bond acceptors (Lipinski definition) is 4. The molecule has 1 heterocycles. The van der Waals surface area contributed by atoms with Crippen molar-refractivity contribution in [2.24, 2.45) is 0 Å². The molecule has 0 radical (unpaired) electrons. The highest BCUT2D eigenvalue weighted by molar-refractivity contribution is 5.98. The van der Waals surface area contributed by atoms with E-state index in [1.807, 2.05) is 6.92 Å². The lowest BCUT2D eigenvalue weighted by Gasteiger charge is -2.08. The van der Waals surface area contributed by atoms with E-state index in [1.165, 1.54) is 28.9 Å². The van der Waals surface area contributed by atoms with Crippen molar-refractivity contribution in [2.75, 3.05) is 0 Å². The first-order valence-electron chi connectivity index (χ1n) is 6.95. The van der Waals surface area contributed by atoms with Crippen molar-refractivity contribution in [3.8, 4) is 0 Å². The van der Waals surface area contributed by atoms with Crippen molar-refractivity contribution >= 4 is 11.8 Å². The summed E-state index contributed by atoms with van der Waals surface area (Å²) >= 11 is 0. The summed E-state index contributed by atoms with van der Waals surface area (Å²) in [4.78, 5) is 35.3. The van der Waals surface area contributed by atoms with Crippen LogP contribution in [-0.2, 0) is 6.54 Å². The molecule has 2 amide bonds. The van der Waals surface area contributed by atoms with Gasteiger partial charge in [0.25, 0.3) is 17.4 Å². The van der Waals surface area contributed by atoms with E-state index in [9.17, 15) is 18.8 Å². The van der Waals surface area contributed by atoms with Gasteiger partial charge < -0.3 is 0 Å². The van der Waals surface area contributed by atoms with Gasteiger partial charge in [0.2, 0.25) is 0 Å². The van der Waals surface area contributed by atoms with Gasteiger partial charge >= 0.3 is 0 Å². The molecule has 0 aliphatic rings. The molecule has 0 spiro atoms. The predicted molar refractivity (Wildman–Crippen MR) is 80.1 cm³/mol. The third kappa shape index (κ3) is 4.22. The van der Waals surface area contributed by atoms with Gasteiger partial charge in [0.05, 0.1) is 0 Å². The Kier molecular flexibility index (Phi) is 5.19. The summed E-state index contributed by atoms with van der Waals surface area (Å²) < 4.78 is 14.0. The highest BCUT2D eigenvalue weighted by Gasteiger charge is 2.11. The van der Waals surface area contributed by atoms with E-state index in [0.717, 1.165) is 12.1 Å². The zero-order valence-corrected chi connectivity index (χ0v) is 12.4. The predicted octanol–water partition coefficient (Wildman–Crippen LogP) is 0.867. The molecule has 1 aromatic heterocycles. The number of hydrazine groups is 1. The van der Waals surface area contributed by atoms with Crippen LogP contribution in [0.25, 0.3) is 0 Å². The van der Waals surface area contributed by atoms with E-state index in [1.54, 1.807) is 0 Å². The molecule has 8 heteroatoms. The van der Waals surface area contributed by atoms with Gasteiger partial charge in [0.15, 0.2) is 5.69 Å². The first kappa shape index (κ1) is 16.3. The monoisotopic (exact) mass is 318 g/mol. The van der Waals surface area contributed by atoms with E-state index < -0.39 is 17.6 Å². The maximum Gasteiger partial charge on any atom is 0.290 e. The van der Waals surface area contributed by atoms with Crippen LogP contribution in [0.5, 0.6) is 0 Å². The molecule has 2 aromatic rings. The number of carbonyl (C=O) groups is 2. The van der Waals surface area contributed by atoms with Crippen LogP contribution in [0.4, 0.5) is 4.39 Å². The molecule has 0 atom stereocenters. The van der Waals surface area contributed by atoms with Gasteiger partial charge in [0.1, 0.15) is 5.82 Å². The number of nitrogens with zero attached hydrogens (tertiary/aromatic N) is 2. The van der Waals surface area contributed by atoms with Crippen LogP contribution >= 0.6 is 0 Å². The molecule has 23 heavy (non-hydrogen) atoms. The van der Waals surface area contributed by atoms with Gasteiger partial charge in [-0.3, -0.25) is 25.2 Å². The maximum atomic E-state index is 12.8. The van der Waals surface area contributed by atoms with Crippen LogP contribution < -0.4 is 16.4 Å². The maximum absolute atomic E-state index is 12.8. The zero-order valence-electron chi connectivity index (χ0n) is 12.4. The molecular formula is C15H15FN4O3. The van der Waals surface area contributed by atoms with Gasteiger partial charge in [-0.1, -0.05) is 6.92 Å². The van der Waals surface area contributed by atoms with Crippen molar-refractivity contribution in [3.63, 3.8) is 0 Å². The summed E-state index contributed by atoms with van der Waals surface area (Å²) in [5, 5.41) is 3.92.